The number of rotatable bonds is 3. The summed E-state index contributed by atoms with van der Waals surface area (Å²) in [5.74, 6) is -0.749. The second kappa shape index (κ2) is 5.14. The molecule has 2 aliphatic rings. The molecular weight excluding hydrogens is 258 g/mol. The molecule has 0 bridgehead atoms. The van der Waals surface area contributed by atoms with Crippen LogP contribution in [0, 0.1) is 0 Å². The first kappa shape index (κ1) is 13.8. The Morgan fingerprint density at radius 1 is 1.44 bits per heavy atom. The van der Waals surface area contributed by atoms with Gasteiger partial charge >= 0.3 is 0 Å². The molecule has 2 aliphatic heterocycles. The molecule has 0 aromatic carbocycles. The van der Waals surface area contributed by atoms with Crippen molar-refractivity contribution < 1.29 is 22.7 Å². The highest BCUT2D eigenvalue weighted by molar-refractivity contribution is 7.91. The van der Waals surface area contributed by atoms with Crippen molar-refractivity contribution in [3.8, 4) is 0 Å². The number of sulfone groups is 1. The first-order valence-corrected chi connectivity index (χ1v) is 8.10. The molecule has 6 nitrogen and oxygen atoms in total. The van der Waals surface area contributed by atoms with Crippen molar-refractivity contribution in [2.24, 2.45) is 0 Å². The third kappa shape index (κ3) is 2.84. The number of carbonyl (C=O) groups is 1. The summed E-state index contributed by atoms with van der Waals surface area (Å²) in [5.41, 5.74) is 0. The van der Waals surface area contributed by atoms with E-state index in [2.05, 4.69) is 0 Å². The second-order valence-electron chi connectivity index (χ2n) is 4.91. The highest BCUT2D eigenvalue weighted by atomic mass is 32.2. The van der Waals surface area contributed by atoms with Crippen LogP contribution in [-0.4, -0.2) is 69.7 Å². The zero-order chi connectivity index (χ0) is 13.3. The number of methoxy groups -OCH3 is 1. The summed E-state index contributed by atoms with van der Waals surface area (Å²) in [5, 5.41) is 0. The van der Waals surface area contributed by atoms with E-state index in [1.165, 1.54) is 0 Å². The van der Waals surface area contributed by atoms with Crippen molar-refractivity contribution in [1.29, 1.82) is 0 Å². The fraction of sp³-hybridized carbons (Fsp3) is 0.909. The zero-order valence-corrected chi connectivity index (χ0v) is 11.5. The van der Waals surface area contributed by atoms with Gasteiger partial charge in [0.2, 0.25) is 5.91 Å². The molecule has 7 heteroatoms. The maximum Gasteiger partial charge on any atom is 0.238 e. The number of carbonyl (C=O) groups excluding carboxylic acids is 1. The number of nitrogens with zero attached hydrogens (tertiary/aromatic N) is 1. The van der Waals surface area contributed by atoms with Crippen LogP contribution in [0.4, 0.5) is 0 Å². The predicted molar refractivity (Wildman–Crippen MR) is 65.0 cm³/mol. The molecule has 0 unspecified atom stereocenters. The molecule has 0 aromatic rings. The molecule has 0 saturated carbocycles. The molecule has 0 aliphatic carbocycles. The number of hydrogen-bond donors (Lipinski definition) is 0. The van der Waals surface area contributed by atoms with Gasteiger partial charge in [-0.3, -0.25) is 4.79 Å². The molecule has 0 N–H and O–H groups in total. The third-order valence-corrected chi connectivity index (χ3v) is 4.30. The van der Waals surface area contributed by atoms with Gasteiger partial charge < -0.3 is 14.4 Å². The van der Waals surface area contributed by atoms with E-state index in [0.717, 1.165) is 12.7 Å². The van der Waals surface area contributed by atoms with Gasteiger partial charge in [-0.25, -0.2) is 8.42 Å². The van der Waals surface area contributed by atoms with Crippen LogP contribution in [0.1, 0.15) is 12.8 Å². The van der Waals surface area contributed by atoms with Crippen LogP contribution in [0.2, 0.25) is 0 Å². The van der Waals surface area contributed by atoms with Gasteiger partial charge in [-0.1, -0.05) is 0 Å². The van der Waals surface area contributed by atoms with Crippen LogP contribution in [0.15, 0.2) is 0 Å². The second-order valence-corrected chi connectivity index (χ2v) is 7.05. The molecule has 0 spiro atoms. The molecule has 0 aromatic heterocycles. The predicted octanol–water partition coefficient (Wildman–Crippen LogP) is -0.564. The average molecular weight is 277 g/mol. The minimum Gasteiger partial charge on any atom is -0.379 e. The molecule has 2 rings (SSSR count). The highest BCUT2D eigenvalue weighted by Gasteiger charge is 2.44. The van der Waals surface area contributed by atoms with Crippen molar-refractivity contribution in [2.75, 3.05) is 32.3 Å². The van der Waals surface area contributed by atoms with Crippen LogP contribution in [-0.2, 0) is 24.1 Å². The van der Waals surface area contributed by atoms with Crippen molar-refractivity contribution in [1.82, 2.24) is 4.90 Å². The van der Waals surface area contributed by atoms with Gasteiger partial charge in [0.1, 0.15) is 11.9 Å². The van der Waals surface area contributed by atoms with Crippen molar-refractivity contribution in [3.63, 3.8) is 0 Å². The van der Waals surface area contributed by atoms with Crippen LogP contribution in [0.25, 0.3) is 0 Å². The minimum atomic E-state index is -3.28. The van der Waals surface area contributed by atoms with Gasteiger partial charge in [-0.05, 0) is 12.8 Å². The van der Waals surface area contributed by atoms with Crippen molar-refractivity contribution in [2.45, 2.75) is 31.1 Å². The Hall–Kier alpha value is -0.660. The normalized spacial score (nSPS) is 32.3. The van der Waals surface area contributed by atoms with Gasteiger partial charge in [0.25, 0.3) is 0 Å². The number of ether oxygens (including phenoxy) is 2. The van der Waals surface area contributed by atoms with Gasteiger partial charge in [-0.2, -0.15) is 0 Å². The van der Waals surface area contributed by atoms with Crippen molar-refractivity contribution in [3.05, 3.63) is 0 Å². The van der Waals surface area contributed by atoms with Gasteiger partial charge in [0, 0.05) is 26.5 Å². The van der Waals surface area contributed by atoms with E-state index in [0.29, 0.717) is 19.6 Å². The Bertz CT molecular complexity index is 421. The van der Waals surface area contributed by atoms with Gasteiger partial charge in [0.15, 0.2) is 9.84 Å². The van der Waals surface area contributed by atoms with Crippen LogP contribution >= 0.6 is 0 Å². The average Bonchev–Trinajstić information content (AvgIpc) is 2.73. The maximum atomic E-state index is 12.0. The Labute approximate surface area is 107 Å². The van der Waals surface area contributed by atoms with E-state index < -0.39 is 15.6 Å². The van der Waals surface area contributed by atoms with E-state index >= 15 is 0 Å². The molecule has 2 fully saturated rings. The van der Waals surface area contributed by atoms with E-state index in [9.17, 15) is 13.2 Å². The quantitative estimate of drug-likeness (QED) is 0.691. The Morgan fingerprint density at radius 2 is 2.17 bits per heavy atom. The highest BCUT2D eigenvalue weighted by Crippen LogP contribution is 2.30. The SMILES string of the molecule is CO[C@@H]1CCN(C(=O)CS(C)(=O)=O)[C@@H]2CCO[C@H]21. The lowest BCUT2D eigenvalue weighted by Crippen LogP contribution is -2.56. The first-order chi connectivity index (χ1) is 8.42. The summed E-state index contributed by atoms with van der Waals surface area (Å²) in [6, 6.07) is -0.0436. The summed E-state index contributed by atoms with van der Waals surface area (Å²) in [6.45, 7) is 1.13. The molecule has 2 heterocycles. The Balaban J connectivity index is 2.08. The van der Waals surface area contributed by atoms with Gasteiger partial charge in [-0.15, -0.1) is 0 Å². The topological polar surface area (TPSA) is 72.9 Å². The number of likely N-dealkylation sites (tertiary alicyclic amines) is 1. The van der Waals surface area contributed by atoms with Crippen LogP contribution < -0.4 is 0 Å². The van der Waals surface area contributed by atoms with E-state index in [4.69, 9.17) is 9.47 Å². The molecular formula is C11H19NO5S. The molecule has 3 atom stereocenters. The molecule has 104 valence electrons. The number of fused-ring (bicyclic) bond motifs is 1. The van der Waals surface area contributed by atoms with E-state index in [-0.39, 0.29) is 24.2 Å². The number of amides is 1. The molecule has 18 heavy (non-hydrogen) atoms. The smallest absolute Gasteiger partial charge is 0.238 e. The monoisotopic (exact) mass is 277 g/mol. The fourth-order valence-corrected chi connectivity index (χ4v) is 3.37. The molecule has 2 saturated heterocycles. The summed E-state index contributed by atoms with van der Waals surface area (Å²) in [7, 11) is -1.65. The Kier molecular flexibility index (Phi) is 3.93. The minimum absolute atomic E-state index is 0.000200. The summed E-state index contributed by atoms with van der Waals surface area (Å²) in [6.07, 6.45) is 2.40. The lowest BCUT2D eigenvalue weighted by Gasteiger charge is -2.40. The lowest BCUT2D eigenvalue weighted by molar-refractivity contribution is -0.140. The van der Waals surface area contributed by atoms with Crippen LogP contribution in [0.3, 0.4) is 0 Å². The van der Waals surface area contributed by atoms with E-state index in [1.807, 2.05) is 0 Å². The fourth-order valence-electron chi connectivity index (χ4n) is 2.75. The summed E-state index contributed by atoms with van der Waals surface area (Å²) < 4.78 is 33.3. The zero-order valence-electron chi connectivity index (χ0n) is 10.7. The van der Waals surface area contributed by atoms with E-state index in [1.54, 1.807) is 12.0 Å². The maximum absolute atomic E-state index is 12.0. The van der Waals surface area contributed by atoms with Crippen LogP contribution in [0.5, 0.6) is 0 Å². The summed E-state index contributed by atoms with van der Waals surface area (Å²) in [4.78, 5) is 13.6. The number of hydrogen-bond acceptors (Lipinski definition) is 5. The standard InChI is InChI=1S/C11H19NO5S/c1-16-9-3-5-12(8-4-6-17-11(8)9)10(13)7-18(2,14)15/h8-9,11H,3-7H2,1-2H3/t8-,9-,11-/m1/s1. The molecule has 1 amide bonds. The summed E-state index contributed by atoms with van der Waals surface area (Å²) >= 11 is 0. The largest absolute Gasteiger partial charge is 0.379 e. The van der Waals surface area contributed by atoms with Crippen molar-refractivity contribution >= 4 is 15.7 Å². The molecule has 0 radical (unpaired) electrons. The Morgan fingerprint density at radius 3 is 2.78 bits per heavy atom. The third-order valence-electron chi connectivity index (χ3n) is 3.53. The lowest BCUT2D eigenvalue weighted by atomic mass is 9.95. The first-order valence-electron chi connectivity index (χ1n) is 6.04. The van der Waals surface area contributed by atoms with Gasteiger partial charge in [0.05, 0.1) is 12.1 Å². The number of piperidine rings is 1.